The van der Waals surface area contributed by atoms with Crippen LogP contribution in [0.2, 0.25) is 15.1 Å². The van der Waals surface area contributed by atoms with Crippen LogP contribution in [0.1, 0.15) is 5.56 Å². The largest absolute Gasteiger partial charge is 0.335 e. The molecule has 2 aromatic carbocycles. The van der Waals surface area contributed by atoms with Gasteiger partial charge in [0.15, 0.2) is 0 Å². The maximum Gasteiger partial charge on any atom is 0.246 e. The van der Waals surface area contributed by atoms with Crippen LogP contribution in [0, 0.1) is 0 Å². The zero-order chi connectivity index (χ0) is 27.1. The Hall–Kier alpha value is -1.95. The molecule has 0 radical (unpaired) electrons. The molecule has 0 spiro atoms. The molecule has 0 N–H and O–H groups in total. The second-order valence-corrected chi connectivity index (χ2v) is 12.3. The van der Waals surface area contributed by atoms with Crippen LogP contribution >= 0.6 is 34.8 Å². The van der Waals surface area contributed by atoms with Crippen molar-refractivity contribution in [3.05, 3.63) is 63.1 Å². The number of hydrogen-bond donors (Lipinski definition) is 0. The molecule has 3 atom stereocenters. The third-order valence-electron chi connectivity index (χ3n) is 6.66. The van der Waals surface area contributed by atoms with Crippen LogP contribution in [0.15, 0.2) is 47.4 Å². The zero-order valence-electron chi connectivity index (χ0n) is 20.2. The van der Waals surface area contributed by atoms with Crippen LogP contribution in [0.3, 0.4) is 0 Å². The Kier molecular flexibility index (Phi) is 8.37. The van der Waals surface area contributed by atoms with Gasteiger partial charge in [-0.2, -0.15) is 4.31 Å². The Morgan fingerprint density at radius 1 is 0.973 bits per heavy atom. The fourth-order valence-corrected chi connectivity index (χ4v) is 7.22. The van der Waals surface area contributed by atoms with E-state index in [4.69, 9.17) is 34.8 Å². The van der Waals surface area contributed by atoms with Crippen LogP contribution in [-0.2, 0) is 26.0 Å². The molecule has 37 heavy (non-hydrogen) atoms. The SMILES string of the molecule is CN(C)C1CN(S(=O)(=O)c2ccc(Cl)cc2Cl)C2CN(CCF)C(=O)C(Cc3ccc(Cl)cc3)N2C1=O. The first-order valence-electron chi connectivity index (χ1n) is 11.5. The van der Waals surface area contributed by atoms with Crippen LogP contribution < -0.4 is 0 Å². The van der Waals surface area contributed by atoms with Crippen molar-refractivity contribution in [2.24, 2.45) is 0 Å². The number of rotatable bonds is 7. The van der Waals surface area contributed by atoms with Gasteiger partial charge >= 0.3 is 0 Å². The molecule has 0 aliphatic carbocycles. The summed E-state index contributed by atoms with van der Waals surface area (Å²) in [6.07, 6.45) is -0.946. The molecule has 2 saturated heterocycles. The van der Waals surface area contributed by atoms with Gasteiger partial charge in [0.2, 0.25) is 21.8 Å². The van der Waals surface area contributed by atoms with Gasteiger partial charge in [-0.25, -0.2) is 12.8 Å². The minimum Gasteiger partial charge on any atom is -0.335 e. The van der Waals surface area contributed by atoms with Crippen LogP contribution in [0.5, 0.6) is 0 Å². The molecular formula is C24H26Cl3FN4O4S. The van der Waals surface area contributed by atoms with E-state index >= 15 is 0 Å². The Morgan fingerprint density at radius 3 is 2.22 bits per heavy atom. The number of alkyl halides is 1. The molecule has 2 heterocycles. The molecule has 2 aliphatic heterocycles. The van der Waals surface area contributed by atoms with Gasteiger partial charge in [-0.3, -0.25) is 14.5 Å². The molecule has 2 amide bonds. The highest BCUT2D eigenvalue weighted by Crippen LogP contribution is 2.35. The van der Waals surface area contributed by atoms with E-state index in [1.165, 1.54) is 32.3 Å². The Morgan fingerprint density at radius 2 is 1.62 bits per heavy atom. The smallest absolute Gasteiger partial charge is 0.246 e. The van der Waals surface area contributed by atoms with Gasteiger partial charge in [0.05, 0.1) is 11.6 Å². The minimum absolute atomic E-state index is 0.0671. The normalized spacial score (nSPS) is 23.1. The Bertz CT molecular complexity index is 1300. The molecule has 0 saturated carbocycles. The lowest BCUT2D eigenvalue weighted by Gasteiger charge is -2.54. The molecule has 0 aromatic heterocycles. The van der Waals surface area contributed by atoms with Crippen molar-refractivity contribution in [1.82, 2.24) is 19.0 Å². The second kappa shape index (κ2) is 11.0. The van der Waals surface area contributed by atoms with E-state index < -0.39 is 40.9 Å². The summed E-state index contributed by atoms with van der Waals surface area (Å²) in [5.41, 5.74) is 0.721. The van der Waals surface area contributed by atoms with Crippen LogP contribution in [-0.4, -0.2) is 97.9 Å². The Labute approximate surface area is 230 Å². The number of piperazine rings is 1. The number of likely N-dealkylation sites (N-methyl/N-ethyl adjacent to an activating group) is 1. The van der Waals surface area contributed by atoms with Crippen molar-refractivity contribution < 1.29 is 22.4 Å². The summed E-state index contributed by atoms with van der Waals surface area (Å²) in [6.45, 7) is -1.37. The predicted octanol–water partition coefficient (Wildman–Crippen LogP) is 3.16. The molecule has 200 valence electrons. The van der Waals surface area contributed by atoms with Crippen molar-refractivity contribution in [2.45, 2.75) is 29.6 Å². The molecule has 8 nitrogen and oxygen atoms in total. The molecule has 2 fully saturated rings. The van der Waals surface area contributed by atoms with Crippen molar-refractivity contribution >= 4 is 56.6 Å². The minimum atomic E-state index is -4.25. The summed E-state index contributed by atoms with van der Waals surface area (Å²) in [7, 11) is -0.924. The number of carbonyl (C=O) groups is 2. The van der Waals surface area contributed by atoms with Gasteiger partial charge in [0.25, 0.3) is 0 Å². The number of fused-ring (bicyclic) bond motifs is 1. The number of benzene rings is 2. The van der Waals surface area contributed by atoms with Gasteiger partial charge in [0, 0.05) is 29.6 Å². The number of nitrogens with zero attached hydrogens (tertiary/aromatic N) is 4. The zero-order valence-corrected chi connectivity index (χ0v) is 23.2. The highest BCUT2D eigenvalue weighted by molar-refractivity contribution is 7.89. The first-order valence-corrected chi connectivity index (χ1v) is 14.1. The van der Waals surface area contributed by atoms with E-state index in [0.29, 0.717) is 5.02 Å². The number of amides is 2. The van der Waals surface area contributed by atoms with Gasteiger partial charge in [-0.15, -0.1) is 0 Å². The van der Waals surface area contributed by atoms with Gasteiger partial charge in [-0.1, -0.05) is 46.9 Å². The van der Waals surface area contributed by atoms with Crippen molar-refractivity contribution in [3.63, 3.8) is 0 Å². The average Bonchev–Trinajstić information content (AvgIpc) is 2.82. The summed E-state index contributed by atoms with van der Waals surface area (Å²) < 4.78 is 42.5. The molecule has 2 aromatic rings. The van der Waals surface area contributed by atoms with Gasteiger partial charge in [-0.05, 0) is 50.0 Å². The lowest BCUT2D eigenvalue weighted by atomic mass is 9.97. The summed E-state index contributed by atoms with van der Waals surface area (Å²) in [5, 5.41) is 0.711. The van der Waals surface area contributed by atoms with Crippen molar-refractivity contribution in [2.75, 3.05) is 40.4 Å². The lowest BCUT2D eigenvalue weighted by molar-refractivity contribution is -0.169. The lowest BCUT2D eigenvalue weighted by Crippen LogP contribution is -2.75. The van der Waals surface area contributed by atoms with E-state index in [2.05, 4.69) is 0 Å². The quantitative estimate of drug-likeness (QED) is 0.494. The number of halogens is 4. The third-order valence-corrected chi connectivity index (χ3v) is 9.50. The highest BCUT2D eigenvalue weighted by Gasteiger charge is 2.54. The van der Waals surface area contributed by atoms with E-state index in [9.17, 15) is 22.4 Å². The van der Waals surface area contributed by atoms with Crippen molar-refractivity contribution in [3.8, 4) is 0 Å². The summed E-state index contributed by atoms with van der Waals surface area (Å²) in [6, 6.07) is 8.96. The molecule has 3 unspecified atom stereocenters. The first kappa shape index (κ1) is 28.1. The summed E-state index contributed by atoms with van der Waals surface area (Å²) in [5.74, 6) is -0.825. The van der Waals surface area contributed by atoms with E-state index in [0.717, 1.165) is 5.56 Å². The summed E-state index contributed by atoms with van der Waals surface area (Å²) >= 11 is 18.3. The fourth-order valence-electron chi connectivity index (χ4n) is 4.77. The highest BCUT2D eigenvalue weighted by atomic mass is 35.5. The van der Waals surface area contributed by atoms with Crippen LogP contribution in [0.25, 0.3) is 0 Å². The monoisotopic (exact) mass is 590 g/mol. The number of sulfonamides is 1. The maximum absolute atomic E-state index is 13.9. The maximum atomic E-state index is 13.9. The number of carbonyl (C=O) groups excluding carboxylic acids is 2. The molecule has 13 heteroatoms. The van der Waals surface area contributed by atoms with Crippen LogP contribution in [0.4, 0.5) is 4.39 Å². The summed E-state index contributed by atoms with van der Waals surface area (Å²) in [4.78, 5) is 31.3. The first-order chi connectivity index (χ1) is 17.4. The molecule has 2 aliphatic rings. The van der Waals surface area contributed by atoms with E-state index in [1.807, 2.05) is 0 Å². The molecule has 0 bridgehead atoms. The van der Waals surface area contributed by atoms with E-state index in [1.54, 1.807) is 43.3 Å². The van der Waals surface area contributed by atoms with E-state index in [-0.39, 0.29) is 46.9 Å². The second-order valence-electron chi connectivity index (χ2n) is 9.17. The number of hydrogen-bond acceptors (Lipinski definition) is 5. The van der Waals surface area contributed by atoms with Gasteiger partial charge < -0.3 is 9.80 Å². The Balaban J connectivity index is 1.83. The molecular weight excluding hydrogens is 566 g/mol. The topological polar surface area (TPSA) is 81.2 Å². The van der Waals surface area contributed by atoms with Gasteiger partial charge in [0.1, 0.15) is 29.8 Å². The molecule has 4 rings (SSSR count). The fraction of sp³-hybridized carbons (Fsp3) is 0.417. The predicted molar refractivity (Wildman–Crippen MR) is 140 cm³/mol. The average molecular weight is 592 g/mol. The van der Waals surface area contributed by atoms with Crippen molar-refractivity contribution in [1.29, 1.82) is 0 Å². The third kappa shape index (κ3) is 5.46. The standard InChI is InChI=1S/C24H26Cl3FN4O4S/c1-29(2)20-13-31(37(35,36)21-8-7-17(26)12-18(21)27)22-14-30(10-9-28)23(33)19(32(22)24(20)34)11-15-3-5-16(25)6-4-15/h3-8,12,19-20,22H,9-11,13-14H2,1-2H3.